The van der Waals surface area contributed by atoms with E-state index in [1.165, 1.54) is 5.56 Å². The number of nitrogens with zero attached hydrogens (tertiary/aromatic N) is 4. The van der Waals surface area contributed by atoms with Crippen LogP contribution in [0.1, 0.15) is 30.7 Å². The monoisotopic (exact) mass is 354 g/mol. The average Bonchev–Trinajstić information content (AvgIpc) is 3.28. The standard InChI is InChI=1S/C19H22N4O3/c1-24-12-11-23-16(7-10-20-23)17-21-18(22-26-17)19(8-4-9-19)14-5-3-6-15(13-14)25-2/h3,5-7,10,13H,4,8-9,11-12H2,1-2H3. The molecule has 0 bridgehead atoms. The molecule has 136 valence electrons. The number of benzene rings is 1. The Bertz CT molecular complexity index is 882. The third-order valence-electron chi connectivity index (χ3n) is 5.13. The van der Waals surface area contributed by atoms with Gasteiger partial charge >= 0.3 is 0 Å². The highest BCUT2D eigenvalue weighted by molar-refractivity contribution is 5.48. The Hall–Kier alpha value is -2.67. The molecule has 1 aliphatic carbocycles. The van der Waals surface area contributed by atoms with E-state index in [0.29, 0.717) is 19.0 Å². The molecular weight excluding hydrogens is 332 g/mol. The highest BCUT2D eigenvalue weighted by atomic mass is 16.5. The van der Waals surface area contributed by atoms with Gasteiger partial charge in [-0.25, -0.2) is 0 Å². The zero-order valence-corrected chi connectivity index (χ0v) is 15.0. The Balaban J connectivity index is 1.67. The van der Waals surface area contributed by atoms with E-state index in [0.717, 1.165) is 36.5 Å². The van der Waals surface area contributed by atoms with Gasteiger partial charge in [-0.3, -0.25) is 4.68 Å². The van der Waals surface area contributed by atoms with Gasteiger partial charge in [0.15, 0.2) is 5.82 Å². The minimum absolute atomic E-state index is 0.201. The summed E-state index contributed by atoms with van der Waals surface area (Å²) in [6, 6.07) is 10.0. The lowest BCUT2D eigenvalue weighted by Gasteiger charge is -2.39. The van der Waals surface area contributed by atoms with Crippen LogP contribution in [0.4, 0.5) is 0 Å². The van der Waals surface area contributed by atoms with Crippen LogP contribution < -0.4 is 4.74 Å². The van der Waals surface area contributed by atoms with Crippen LogP contribution in [0.15, 0.2) is 41.1 Å². The maximum atomic E-state index is 5.60. The van der Waals surface area contributed by atoms with Crippen molar-refractivity contribution in [2.45, 2.75) is 31.2 Å². The number of rotatable bonds is 7. The average molecular weight is 354 g/mol. The van der Waals surface area contributed by atoms with Gasteiger partial charge in [-0.05, 0) is 36.6 Å². The SMILES string of the molecule is COCCn1nccc1-c1nc(C2(c3cccc(OC)c3)CCC2)no1. The van der Waals surface area contributed by atoms with Crippen molar-refractivity contribution in [2.75, 3.05) is 20.8 Å². The zero-order valence-electron chi connectivity index (χ0n) is 15.0. The molecule has 0 aliphatic heterocycles. The summed E-state index contributed by atoms with van der Waals surface area (Å²) < 4.78 is 17.9. The lowest BCUT2D eigenvalue weighted by atomic mass is 9.64. The van der Waals surface area contributed by atoms with Crippen LogP contribution in [0.5, 0.6) is 5.75 Å². The summed E-state index contributed by atoms with van der Waals surface area (Å²) in [5.74, 6) is 2.06. The second-order valence-electron chi connectivity index (χ2n) is 6.52. The van der Waals surface area contributed by atoms with Gasteiger partial charge in [0.05, 0.1) is 25.7 Å². The van der Waals surface area contributed by atoms with Gasteiger partial charge < -0.3 is 14.0 Å². The first-order chi connectivity index (χ1) is 12.8. The molecule has 0 amide bonds. The van der Waals surface area contributed by atoms with E-state index in [-0.39, 0.29) is 5.41 Å². The van der Waals surface area contributed by atoms with Crippen molar-refractivity contribution in [3.63, 3.8) is 0 Å². The molecule has 1 aliphatic rings. The largest absolute Gasteiger partial charge is 0.497 e. The summed E-state index contributed by atoms with van der Waals surface area (Å²) in [7, 11) is 3.35. The Labute approximate surface area is 151 Å². The van der Waals surface area contributed by atoms with Crippen LogP contribution in [-0.2, 0) is 16.7 Å². The van der Waals surface area contributed by atoms with E-state index in [2.05, 4.69) is 22.4 Å². The van der Waals surface area contributed by atoms with Crippen LogP contribution >= 0.6 is 0 Å². The van der Waals surface area contributed by atoms with Gasteiger partial charge in [0.2, 0.25) is 0 Å². The molecule has 4 rings (SSSR count). The lowest BCUT2D eigenvalue weighted by molar-refractivity contribution is 0.184. The van der Waals surface area contributed by atoms with Gasteiger partial charge in [0, 0.05) is 13.3 Å². The second kappa shape index (κ2) is 6.92. The van der Waals surface area contributed by atoms with Crippen LogP contribution in [0.3, 0.4) is 0 Å². The van der Waals surface area contributed by atoms with E-state index in [1.54, 1.807) is 20.4 Å². The predicted octanol–water partition coefficient (Wildman–Crippen LogP) is 3.06. The molecule has 0 radical (unpaired) electrons. The fraction of sp³-hybridized carbons (Fsp3) is 0.421. The molecule has 0 spiro atoms. The van der Waals surface area contributed by atoms with Crippen molar-refractivity contribution in [1.82, 2.24) is 19.9 Å². The van der Waals surface area contributed by atoms with Gasteiger partial charge in [-0.2, -0.15) is 10.1 Å². The number of hydrogen-bond donors (Lipinski definition) is 0. The van der Waals surface area contributed by atoms with Crippen molar-refractivity contribution in [2.24, 2.45) is 0 Å². The Morgan fingerprint density at radius 2 is 2.12 bits per heavy atom. The Kier molecular flexibility index (Phi) is 4.46. The van der Waals surface area contributed by atoms with Gasteiger partial charge in [-0.15, -0.1) is 0 Å². The van der Waals surface area contributed by atoms with Crippen LogP contribution in [0.25, 0.3) is 11.6 Å². The molecule has 0 N–H and O–H groups in total. The van der Waals surface area contributed by atoms with E-state index in [1.807, 2.05) is 22.9 Å². The third kappa shape index (κ3) is 2.78. The molecule has 2 heterocycles. The van der Waals surface area contributed by atoms with Crippen molar-refractivity contribution in [3.8, 4) is 17.3 Å². The van der Waals surface area contributed by atoms with Gasteiger partial charge in [0.25, 0.3) is 5.89 Å². The highest BCUT2D eigenvalue weighted by Gasteiger charge is 2.44. The summed E-state index contributed by atoms with van der Waals surface area (Å²) in [4.78, 5) is 4.73. The Morgan fingerprint density at radius 3 is 2.85 bits per heavy atom. The van der Waals surface area contributed by atoms with Crippen molar-refractivity contribution in [3.05, 3.63) is 47.9 Å². The summed E-state index contributed by atoms with van der Waals surface area (Å²) in [5, 5.41) is 8.63. The molecule has 0 saturated heterocycles. The molecule has 2 aromatic heterocycles. The summed E-state index contributed by atoms with van der Waals surface area (Å²) in [6.45, 7) is 1.21. The first-order valence-corrected chi connectivity index (χ1v) is 8.77. The molecular formula is C19H22N4O3. The van der Waals surface area contributed by atoms with E-state index < -0.39 is 0 Å². The minimum Gasteiger partial charge on any atom is -0.497 e. The van der Waals surface area contributed by atoms with Crippen LogP contribution in [0, 0.1) is 0 Å². The number of ether oxygens (including phenoxy) is 2. The molecule has 1 fully saturated rings. The van der Waals surface area contributed by atoms with Crippen LogP contribution in [0.2, 0.25) is 0 Å². The molecule has 7 nitrogen and oxygen atoms in total. The van der Waals surface area contributed by atoms with Crippen molar-refractivity contribution < 1.29 is 14.0 Å². The quantitative estimate of drug-likeness (QED) is 0.649. The molecule has 1 aromatic carbocycles. The molecule has 1 saturated carbocycles. The van der Waals surface area contributed by atoms with E-state index in [9.17, 15) is 0 Å². The molecule has 7 heteroatoms. The second-order valence-corrected chi connectivity index (χ2v) is 6.52. The topological polar surface area (TPSA) is 75.2 Å². The number of hydrogen-bond acceptors (Lipinski definition) is 6. The first kappa shape index (κ1) is 16.8. The maximum Gasteiger partial charge on any atom is 0.276 e. The normalized spacial score (nSPS) is 15.6. The minimum atomic E-state index is -0.201. The summed E-state index contributed by atoms with van der Waals surface area (Å²) >= 11 is 0. The lowest BCUT2D eigenvalue weighted by Crippen LogP contribution is -2.36. The van der Waals surface area contributed by atoms with Crippen LogP contribution in [-0.4, -0.2) is 40.7 Å². The fourth-order valence-corrected chi connectivity index (χ4v) is 3.48. The van der Waals surface area contributed by atoms with Crippen molar-refractivity contribution >= 4 is 0 Å². The summed E-state index contributed by atoms with van der Waals surface area (Å²) in [6.07, 6.45) is 4.88. The molecule has 26 heavy (non-hydrogen) atoms. The summed E-state index contributed by atoms with van der Waals surface area (Å²) in [5.41, 5.74) is 1.78. The first-order valence-electron chi connectivity index (χ1n) is 8.77. The van der Waals surface area contributed by atoms with E-state index >= 15 is 0 Å². The number of methoxy groups -OCH3 is 2. The molecule has 3 aromatic rings. The van der Waals surface area contributed by atoms with Crippen molar-refractivity contribution in [1.29, 1.82) is 0 Å². The molecule has 0 unspecified atom stereocenters. The zero-order chi connectivity index (χ0) is 18.0. The number of aromatic nitrogens is 4. The van der Waals surface area contributed by atoms with Gasteiger partial charge in [-0.1, -0.05) is 23.7 Å². The fourth-order valence-electron chi connectivity index (χ4n) is 3.48. The van der Waals surface area contributed by atoms with Gasteiger partial charge in [0.1, 0.15) is 11.4 Å². The van der Waals surface area contributed by atoms with E-state index in [4.69, 9.17) is 19.0 Å². The third-order valence-corrected chi connectivity index (χ3v) is 5.13. The predicted molar refractivity (Wildman–Crippen MR) is 95.0 cm³/mol. The Morgan fingerprint density at radius 1 is 1.23 bits per heavy atom. The molecule has 0 atom stereocenters. The maximum absolute atomic E-state index is 5.60. The highest BCUT2D eigenvalue weighted by Crippen LogP contribution is 2.48. The smallest absolute Gasteiger partial charge is 0.276 e.